The zero-order chi connectivity index (χ0) is 11.7. The fourth-order valence-corrected chi connectivity index (χ4v) is 2.47. The Morgan fingerprint density at radius 3 is 2.56 bits per heavy atom. The van der Waals surface area contributed by atoms with Crippen molar-refractivity contribution in [2.45, 2.75) is 38.0 Å². The highest BCUT2D eigenvalue weighted by Gasteiger charge is 2.24. The van der Waals surface area contributed by atoms with Crippen LogP contribution in [0.3, 0.4) is 0 Å². The molecule has 0 N–H and O–H groups in total. The van der Waals surface area contributed by atoms with Gasteiger partial charge in [0.2, 0.25) is 0 Å². The molecule has 1 aliphatic carbocycles. The minimum absolute atomic E-state index is 0.302. The molecule has 1 saturated carbocycles. The molecule has 0 saturated heterocycles. The fraction of sp³-hybridized carbons (Fsp3) is 0.538. The molecule has 1 unspecified atom stereocenters. The van der Waals surface area contributed by atoms with Gasteiger partial charge in [0, 0.05) is 5.56 Å². The zero-order valence-electron chi connectivity index (χ0n) is 9.27. The van der Waals surface area contributed by atoms with Crippen LogP contribution >= 0.6 is 11.6 Å². The van der Waals surface area contributed by atoms with Gasteiger partial charge in [-0.2, -0.15) is 0 Å². The molecule has 0 aliphatic heterocycles. The van der Waals surface area contributed by atoms with E-state index in [1.165, 1.54) is 31.4 Å². The fourth-order valence-electron chi connectivity index (χ4n) is 2.05. The van der Waals surface area contributed by atoms with Crippen molar-refractivity contribution in [2.24, 2.45) is 5.92 Å². The van der Waals surface area contributed by atoms with Crippen LogP contribution in [0.15, 0.2) is 12.1 Å². The number of hydrogen-bond donors (Lipinski definition) is 0. The second-order valence-electron chi connectivity index (χ2n) is 4.62. The van der Waals surface area contributed by atoms with Crippen molar-refractivity contribution in [3.63, 3.8) is 0 Å². The summed E-state index contributed by atoms with van der Waals surface area (Å²) in [6, 6.07) is 2.46. The van der Waals surface area contributed by atoms with E-state index in [2.05, 4.69) is 0 Å². The Balaban J connectivity index is 2.14. The van der Waals surface area contributed by atoms with Crippen LogP contribution in [0.5, 0.6) is 0 Å². The molecular weight excluding hydrogens is 230 g/mol. The first-order valence-electron chi connectivity index (χ1n) is 5.67. The third-order valence-corrected chi connectivity index (χ3v) is 3.79. The van der Waals surface area contributed by atoms with E-state index in [0.717, 1.165) is 6.42 Å². The number of hydrogen-bond acceptors (Lipinski definition) is 0. The highest BCUT2D eigenvalue weighted by molar-refractivity contribution is 6.20. The van der Waals surface area contributed by atoms with Crippen molar-refractivity contribution in [1.82, 2.24) is 0 Å². The van der Waals surface area contributed by atoms with Crippen LogP contribution in [-0.2, 0) is 0 Å². The van der Waals surface area contributed by atoms with Gasteiger partial charge in [-0.25, -0.2) is 8.78 Å². The maximum absolute atomic E-state index is 13.6. The second-order valence-corrected chi connectivity index (χ2v) is 5.15. The molecule has 16 heavy (non-hydrogen) atoms. The molecule has 1 atom stereocenters. The molecule has 3 heteroatoms. The lowest BCUT2D eigenvalue weighted by molar-refractivity contribution is 0.292. The molecule has 88 valence electrons. The molecule has 0 spiro atoms. The maximum atomic E-state index is 13.6. The summed E-state index contributed by atoms with van der Waals surface area (Å²) in [5.41, 5.74) is 0.630. The van der Waals surface area contributed by atoms with Gasteiger partial charge in [0.1, 0.15) is 11.6 Å². The van der Waals surface area contributed by atoms with Crippen molar-refractivity contribution in [3.05, 3.63) is 34.9 Å². The normalized spacial score (nSPS) is 18.2. The van der Waals surface area contributed by atoms with E-state index in [9.17, 15) is 8.78 Å². The third-order valence-electron chi connectivity index (χ3n) is 3.38. The van der Waals surface area contributed by atoms with E-state index in [4.69, 9.17) is 11.6 Å². The molecule has 1 aliphatic rings. The smallest absolute Gasteiger partial charge is 0.128 e. The van der Waals surface area contributed by atoms with Gasteiger partial charge in [0.15, 0.2) is 0 Å². The summed E-state index contributed by atoms with van der Waals surface area (Å²) in [6.45, 7) is 1.55. The molecule has 0 radical (unpaired) electrons. The van der Waals surface area contributed by atoms with E-state index in [1.807, 2.05) is 0 Å². The monoisotopic (exact) mass is 244 g/mol. The summed E-state index contributed by atoms with van der Waals surface area (Å²) < 4.78 is 26.9. The van der Waals surface area contributed by atoms with Gasteiger partial charge in [-0.3, -0.25) is 0 Å². The summed E-state index contributed by atoms with van der Waals surface area (Å²) >= 11 is 6.14. The van der Waals surface area contributed by atoms with Gasteiger partial charge in [-0.05, 0) is 37.0 Å². The van der Waals surface area contributed by atoms with Crippen molar-refractivity contribution in [3.8, 4) is 0 Å². The first-order chi connectivity index (χ1) is 7.58. The number of aryl methyl sites for hydroxylation is 1. The lowest BCUT2D eigenvalue weighted by atomic mass is 9.81. The van der Waals surface area contributed by atoms with E-state index >= 15 is 0 Å². The molecule has 0 amide bonds. The summed E-state index contributed by atoms with van der Waals surface area (Å²) in [6.07, 6.45) is 4.32. The van der Waals surface area contributed by atoms with Crippen molar-refractivity contribution in [2.75, 3.05) is 0 Å². The van der Waals surface area contributed by atoms with Crippen molar-refractivity contribution >= 4 is 11.6 Å². The van der Waals surface area contributed by atoms with Gasteiger partial charge < -0.3 is 0 Å². The average Bonchev–Trinajstić information content (AvgIpc) is 2.17. The van der Waals surface area contributed by atoms with Crippen LogP contribution in [0.4, 0.5) is 8.78 Å². The molecular formula is C13H15ClF2. The molecule has 0 aromatic heterocycles. The van der Waals surface area contributed by atoms with E-state index in [0.29, 0.717) is 17.0 Å². The van der Waals surface area contributed by atoms with E-state index in [1.54, 1.807) is 6.92 Å². The van der Waals surface area contributed by atoms with Crippen LogP contribution in [0.25, 0.3) is 0 Å². The number of rotatable bonds is 3. The largest absolute Gasteiger partial charge is 0.207 e. The highest BCUT2D eigenvalue weighted by atomic mass is 35.5. The lowest BCUT2D eigenvalue weighted by Crippen LogP contribution is -2.13. The molecule has 0 bridgehead atoms. The lowest BCUT2D eigenvalue weighted by Gasteiger charge is -2.27. The Bertz CT molecular complexity index is 386. The molecule has 1 fully saturated rings. The van der Waals surface area contributed by atoms with Gasteiger partial charge in [0.05, 0.1) is 5.38 Å². The van der Waals surface area contributed by atoms with E-state index < -0.39 is 11.2 Å². The Morgan fingerprint density at radius 1 is 1.31 bits per heavy atom. The minimum Gasteiger partial charge on any atom is -0.207 e. The third kappa shape index (κ3) is 2.37. The first-order valence-corrected chi connectivity index (χ1v) is 6.11. The number of alkyl halides is 1. The average molecular weight is 245 g/mol. The number of benzene rings is 1. The Labute approximate surface area is 99.6 Å². The summed E-state index contributed by atoms with van der Waals surface area (Å²) in [4.78, 5) is 0. The quantitative estimate of drug-likeness (QED) is 0.674. The van der Waals surface area contributed by atoms with Crippen LogP contribution in [-0.4, -0.2) is 0 Å². The number of halogens is 3. The molecule has 1 aromatic rings. The molecule has 1 aromatic carbocycles. The Kier molecular flexibility index (Phi) is 3.48. The van der Waals surface area contributed by atoms with Crippen LogP contribution in [0.1, 0.15) is 42.2 Å². The van der Waals surface area contributed by atoms with Crippen LogP contribution < -0.4 is 0 Å². The highest BCUT2D eigenvalue weighted by Crippen LogP contribution is 2.38. The Hall–Kier alpha value is -0.630. The first kappa shape index (κ1) is 11.8. The predicted molar refractivity (Wildman–Crippen MR) is 61.6 cm³/mol. The van der Waals surface area contributed by atoms with Crippen molar-refractivity contribution < 1.29 is 8.78 Å². The SMILES string of the molecule is Cc1cc(F)c(C(Cl)CC2CCC2)cc1F. The van der Waals surface area contributed by atoms with Crippen LogP contribution in [0, 0.1) is 24.5 Å². The van der Waals surface area contributed by atoms with E-state index in [-0.39, 0.29) is 5.82 Å². The van der Waals surface area contributed by atoms with Crippen molar-refractivity contribution in [1.29, 1.82) is 0 Å². The van der Waals surface area contributed by atoms with Gasteiger partial charge in [-0.15, -0.1) is 11.6 Å². The van der Waals surface area contributed by atoms with Crippen LogP contribution in [0.2, 0.25) is 0 Å². The molecule has 0 heterocycles. The summed E-state index contributed by atoms with van der Waals surface area (Å²) in [5, 5.41) is -0.402. The van der Waals surface area contributed by atoms with Gasteiger partial charge in [0.25, 0.3) is 0 Å². The summed E-state index contributed by atoms with van der Waals surface area (Å²) in [7, 11) is 0. The summed E-state index contributed by atoms with van der Waals surface area (Å²) in [5.74, 6) is -0.180. The minimum atomic E-state index is -0.402. The van der Waals surface area contributed by atoms with Gasteiger partial charge in [-0.1, -0.05) is 19.3 Å². The molecule has 0 nitrogen and oxygen atoms in total. The molecule has 2 rings (SSSR count). The predicted octanol–water partition coefficient (Wildman–Crippen LogP) is 4.74. The topological polar surface area (TPSA) is 0 Å². The zero-order valence-corrected chi connectivity index (χ0v) is 10.0. The maximum Gasteiger partial charge on any atom is 0.128 e. The standard InChI is InChI=1S/C13H15ClF2/c1-8-5-13(16)10(7-12(8)15)11(14)6-9-3-2-4-9/h5,7,9,11H,2-4,6H2,1H3. The Morgan fingerprint density at radius 2 is 2.00 bits per heavy atom. The second kappa shape index (κ2) is 4.70. The van der Waals surface area contributed by atoms with Gasteiger partial charge >= 0.3 is 0 Å².